The fourth-order valence-electron chi connectivity index (χ4n) is 2.45. The molecule has 0 aromatic heterocycles. The van der Waals surface area contributed by atoms with Crippen LogP contribution in [-0.2, 0) is 10.0 Å². The van der Waals surface area contributed by atoms with E-state index in [0.717, 1.165) is 25.7 Å². The van der Waals surface area contributed by atoms with Gasteiger partial charge in [0.25, 0.3) is 0 Å². The van der Waals surface area contributed by atoms with E-state index in [0.29, 0.717) is 37.2 Å². The van der Waals surface area contributed by atoms with Crippen molar-refractivity contribution in [3.8, 4) is 11.5 Å². The monoisotopic (exact) mass is 327 g/mol. The first kappa shape index (κ1) is 17.1. The minimum Gasteiger partial charge on any atom is -0.486 e. The zero-order valence-electron chi connectivity index (χ0n) is 13.3. The second-order valence-electron chi connectivity index (χ2n) is 5.57. The van der Waals surface area contributed by atoms with Gasteiger partial charge in [-0.25, -0.2) is 13.1 Å². The third-order valence-electron chi connectivity index (χ3n) is 3.93. The van der Waals surface area contributed by atoms with Crippen LogP contribution in [0.2, 0.25) is 0 Å². The van der Waals surface area contributed by atoms with Crippen LogP contribution in [0.15, 0.2) is 23.1 Å². The highest BCUT2D eigenvalue weighted by atomic mass is 32.2. The highest BCUT2D eigenvalue weighted by Gasteiger charge is 2.20. The fourth-order valence-corrected chi connectivity index (χ4v) is 3.58. The van der Waals surface area contributed by atoms with Crippen LogP contribution >= 0.6 is 0 Å². The molecule has 1 atom stereocenters. The Balaban J connectivity index is 2.03. The Morgan fingerprint density at radius 3 is 2.59 bits per heavy atom. The molecule has 22 heavy (non-hydrogen) atoms. The van der Waals surface area contributed by atoms with E-state index in [-0.39, 0.29) is 4.90 Å². The summed E-state index contributed by atoms with van der Waals surface area (Å²) in [6.45, 7) is 5.66. The number of sulfonamides is 1. The molecule has 0 saturated heterocycles. The molecule has 0 amide bonds. The molecule has 124 valence electrons. The zero-order valence-corrected chi connectivity index (χ0v) is 14.1. The van der Waals surface area contributed by atoms with Crippen LogP contribution in [0.5, 0.6) is 11.5 Å². The number of ether oxygens (including phenoxy) is 2. The van der Waals surface area contributed by atoms with Crippen LogP contribution in [-0.4, -0.2) is 28.2 Å². The number of rotatable bonds is 8. The van der Waals surface area contributed by atoms with Crippen molar-refractivity contribution < 1.29 is 17.9 Å². The van der Waals surface area contributed by atoms with E-state index < -0.39 is 10.0 Å². The molecule has 1 aliphatic rings. The molecular formula is C16H25NO4S. The van der Waals surface area contributed by atoms with Crippen LogP contribution in [0, 0.1) is 5.92 Å². The molecule has 0 unspecified atom stereocenters. The maximum Gasteiger partial charge on any atom is 0.240 e. The smallest absolute Gasteiger partial charge is 0.240 e. The van der Waals surface area contributed by atoms with Crippen molar-refractivity contribution in [2.24, 2.45) is 5.92 Å². The Hall–Kier alpha value is -1.27. The topological polar surface area (TPSA) is 64.6 Å². The summed E-state index contributed by atoms with van der Waals surface area (Å²) in [5.41, 5.74) is 0. The van der Waals surface area contributed by atoms with Crippen molar-refractivity contribution in [3.63, 3.8) is 0 Å². The van der Waals surface area contributed by atoms with Crippen LogP contribution in [0.1, 0.15) is 39.5 Å². The van der Waals surface area contributed by atoms with Crippen molar-refractivity contribution in [2.45, 2.75) is 44.4 Å². The average Bonchev–Trinajstić information content (AvgIpc) is 2.54. The van der Waals surface area contributed by atoms with Gasteiger partial charge in [0.1, 0.15) is 13.2 Å². The molecule has 2 rings (SSSR count). The van der Waals surface area contributed by atoms with E-state index in [1.807, 2.05) is 0 Å². The van der Waals surface area contributed by atoms with E-state index in [4.69, 9.17) is 9.47 Å². The molecule has 1 heterocycles. The molecule has 1 N–H and O–H groups in total. The molecule has 0 bridgehead atoms. The predicted octanol–water partition coefficient (Wildman–Crippen LogP) is 2.95. The SMILES string of the molecule is CCCC[C@H](CC)CNS(=O)(=O)c1ccc2c(c1)OCCO2. The number of hydrogen-bond acceptors (Lipinski definition) is 4. The first-order chi connectivity index (χ1) is 10.6. The summed E-state index contributed by atoms with van der Waals surface area (Å²) in [6.07, 6.45) is 4.29. The van der Waals surface area contributed by atoms with Crippen LogP contribution in [0.4, 0.5) is 0 Å². The highest BCUT2D eigenvalue weighted by molar-refractivity contribution is 7.89. The number of fused-ring (bicyclic) bond motifs is 1. The van der Waals surface area contributed by atoms with Gasteiger partial charge in [0.05, 0.1) is 4.90 Å². The van der Waals surface area contributed by atoms with Gasteiger partial charge in [-0.3, -0.25) is 0 Å². The second-order valence-corrected chi connectivity index (χ2v) is 7.34. The summed E-state index contributed by atoms with van der Waals surface area (Å²) >= 11 is 0. The molecule has 5 nitrogen and oxygen atoms in total. The summed E-state index contributed by atoms with van der Waals surface area (Å²) in [6, 6.07) is 4.74. The Kier molecular flexibility index (Phi) is 6.08. The molecule has 0 saturated carbocycles. The van der Waals surface area contributed by atoms with Crippen molar-refractivity contribution in [1.29, 1.82) is 0 Å². The quantitative estimate of drug-likeness (QED) is 0.797. The lowest BCUT2D eigenvalue weighted by molar-refractivity contribution is 0.171. The lowest BCUT2D eigenvalue weighted by Gasteiger charge is -2.19. The average molecular weight is 327 g/mol. The van der Waals surface area contributed by atoms with Crippen molar-refractivity contribution >= 4 is 10.0 Å². The van der Waals surface area contributed by atoms with Crippen molar-refractivity contribution in [2.75, 3.05) is 19.8 Å². The molecule has 0 fully saturated rings. The molecule has 0 spiro atoms. The Morgan fingerprint density at radius 2 is 1.91 bits per heavy atom. The van der Waals surface area contributed by atoms with Crippen molar-refractivity contribution in [1.82, 2.24) is 4.72 Å². The standard InChI is InChI=1S/C16H25NO4S/c1-3-5-6-13(4-2)12-17-22(18,19)14-7-8-15-16(11-14)21-10-9-20-15/h7-8,11,13,17H,3-6,9-10,12H2,1-2H3/t13-/m0/s1. The summed E-state index contributed by atoms with van der Waals surface area (Å²) in [5, 5.41) is 0. The van der Waals surface area contributed by atoms with E-state index >= 15 is 0 Å². The molecule has 1 aromatic carbocycles. The summed E-state index contributed by atoms with van der Waals surface area (Å²) in [7, 11) is -3.51. The van der Waals surface area contributed by atoms with Gasteiger partial charge in [0.2, 0.25) is 10.0 Å². The van der Waals surface area contributed by atoms with Gasteiger partial charge in [-0.2, -0.15) is 0 Å². The highest BCUT2D eigenvalue weighted by Crippen LogP contribution is 2.32. The predicted molar refractivity (Wildman–Crippen MR) is 85.9 cm³/mol. The maximum absolute atomic E-state index is 12.4. The van der Waals surface area contributed by atoms with Crippen LogP contribution in [0.25, 0.3) is 0 Å². The number of hydrogen-bond donors (Lipinski definition) is 1. The minimum absolute atomic E-state index is 0.224. The van der Waals surface area contributed by atoms with Gasteiger partial charge < -0.3 is 9.47 Å². The van der Waals surface area contributed by atoms with Gasteiger partial charge in [-0.15, -0.1) is 0 Å². The molecule has 0 radical (unpaired) electrons. The number of unbranched alkanes of at least 4 members (excludes halogenated alkanes) is 1. The lowest BCUT2D eigenvalue weighted by Crippen LogP contribution is -2.29. The Bertz CT molecular complexity index is 586. The normalized spacial score (nSPS) is 15.5. The summed E-state index contributed by atoms with van der Waals surface area (Å²) < 4.78 is 38.4. The largest absolute Gasteiger partial charge is 0.486 e. The zero-order chi connectivity index (χ0) is 16.0. The fraction of sp³-hybridized carbons (Fsp3) is 0.625. The molecular weight excluding hydrogens is 302 g/mol. The Labute approximate surface area is 133 Å². The first-order valence-corrected chi connectivity index (χ1v) is 9.44. The van der Waals surface area contributed by atoms with Gasteiger partial charge in [-0.05, 0) is 24.5 Å². The van der Waals surface area contributed by atoms with Crippen LogP contribution in [0.3, 0.4) is 0 Å². The third kappa shape index (κ3) is 4.36. The Morgan fingerprint density at radius 1 is 1.18 bits per heavy atom. The molecule has 1 aromatic rings. The minimum atomic E-state index is -3.51. The van der Waals surface area contributed by atoms with Gasteiger partial charge in [0.15, 0.2) is 11.5 Å². The van der Waals surface area contributed by atoms with Gasteiger partial charge >= 0.3 is 0 Å². The van der Waals surface area contributed by atoms with E-state index in [1.165, 1.54) is 6.07 Å². The van der Waals surface area contributed by atoms with E-state index in [1.54, 1.807) is 12.1 Å². The molecule has 1 aliphatic heterocycles. The maximum atomic E-state index is 12.4. The number of nitrogens with one attached hydrogen (secondary N) is 1. The number of benzene rings is 1. The van der Waals surface area contributed by atoms with Crippen molar-refractivity contribution in [3.05, 3.63) is 18.2 Å². The molecule has 6 heteroatoms. The third-order valence-corrected chi connectivity index (χ3v) is 5.35. The first-order valence-electron chi connectivity index (χ1n) is 7.96. The van der Waals surface area contributed by atoms with Gasteiger partial charge in [-0.1, -0.05) is 33.1 Å². The summed E-state index contributed by atoms with van der Waals surface area (Å²) in [4.78, 5) is 0.224. The van der Waals surface area contributed by atoms with Crippen LogP contribution < -0.4 is 14.2 Å². The molecule has 0 aliphatic carbocycles. The lowest BCUT2D eigenvalue weighted by atomic mass is 10.00. The van der Waals surface area contributed by atoms with E-state index in [2.05, 4.69) is 18.6 Å². The van der Waals surface area contributed by atoms with E-state index in [9.17, 15) is 8.42 Å². The second kappa shape index (κ2) is 7.83. The summed E-state index contributed by atoms with van der Waals surface area (Å²) in [5.74, 6) is 1.47. The van der Waals surface area contributed by atoms with Gasteiger partial charge in [0, 0.05) is 12.6 Å².